The maximum Gasteiger partial charge on any atom is 0.270 e. The molecule has 1 aliphatic heterocycles. The number of piperidine rings is 1. The number of fused-ring (bicyclic) bond motifs is 1. The molecule has 1 saturated carbocycles. The first-order valence-corrected chi connectivity index (χ1v) is 11.5. The number of nitrogens with one attached hydrogen (secondary N) is 1. The molecule has 0 unspecified atom stereocenters. The van der Waals surface area contributed by atoms with Crippen molar-refractivity contribution in [3.05, 3.63) is 58.0 Å². The van der Waals surface area contributed by atoms with Gasteiger partial charge in [-0.25, -0.2) is 4.98 Å². The fraction of sp³-hybridized carbons (Fsp3) is 0.440. The van der Waals surface area contributed by atoms with Crippen molar-refractivity contribution in [1.29, 1.82) is 5.26 Å². The quantitative estimate of drug-likeness (QED) is 0.666. The third kappa shape index (κ3) is 3.98. The molecule has 2 fully saturated rings. The second-order valence-corrected chi connectivity index (χ2v) is 9.08. The fourth-order valence-electron chi connectivity index (χ4n) is 5.07. The smallest absolute Gasteiger partial charge is 0.270 e. The van der Waals surface area contributed by atoms with E-state index in [0.29, 0.717) is 17.5 Å². The van der Waals surface area contributed by atoms with Crippen molar-refractivity contribution in [2.75, 3.05) is 25.5 Å². The zero-order chi connectivity index (χ0) is 22.1. The molecule has 0 spiro atoms. The molecule has 0 radical (unpaired) electrons. The summed E-state index contributed by atoms with van der Waals surface area (Å²) in [6.07, 6.45) is 8.15. The van der Waals surface area contributed by atoms with Gasteiger partial charge in [-0.3, -0.25) is 9.36 Å². The molecule has 1 N–H and O–H groups in total. The molecule has 0 amide bonds. The number of likely N-dealkylation sites (tertiary alicyclic amines) is 1. The van der Waals surface area contributed by atoms with E-state index in [4.69, 9.17) is 4.98 Å². The molecule has 3 aromatic rings. The lowest BCUT2D eigenvalue weighted by molar-refractivity contribution is 0.255. The molecule has 1 aliphatic carbocycles. The van der Waals surface area contributed by atoms with Gasteiger partial charge in [0, 0.05) is 23.3 Å². The van der Waals surface area contributed by atoms with Crippen LogP contribution in [0.3, 0.4) is 0 Å². The Labute approximate surface area is 187 Å². The van der Waals surface area contributed by atoms with Crippen LogP contribution in [0.15, 0.2) is 41.3 Å². The van der Waals surface area contributed by atoms with E-state index in [1.807, 2.05) is 6.07 Å². The summed E-state index contributed by atoms with van der Waals surface area (Å²) in [7, 11) is 2.18. The Balaban J connectivity index is 1.43. The minimum Gasteiger partial charge on any atom is -0.324 e. The predicted octanol–water partition coefficient (Wildman–Crippen LogP) is 4.33. The van der Waals surface area contributed by atoms with Gasteiger partial charge in [-0.05, 0) is 75.5 Å². The number of pyridine rings is 1. The molecule has 7 nitrogen and oxygen atoms in total. The summed E-state index contributed by atoms with van der Waals surface area (Å²) in [6.45, 7) is 2.29. The minimum absolute atomic E-state index is 0.0925. The first-order valence-electron chi connectivity index (χ1n) is 11.5. The van der Waals surface area contributed by atoms with Gasteiger partial charge in [-0.2, -0.15) is 10.2 Å². The summed E-state index contributed by atoms with van der Waals surface area (Å²) in [6, 6.07) is 12.2. The number of nitriles is 1. The summed E-state index contributed by atoms with van der Waals surface area (Å²) in [5.74, 6) is 1.08. The first kappa shape index (κ1) is 20.7. The second kappa shape index (κ2) is 8.71. The predicted molar refractivity (Wildman–Crippen MR) is 125 cm³/mol. The van der Waals surface area contributed by atoms with Gasteiger partial charge in [0.1, 0.15) is 17.3 Å². The summed E-state index contributed by atoms with van der Waals surface area (Å²) in [4.78, 5) is 24.5. The van der Waals surface area contributed by atoms with Gasteiger partial charge in [-0.1, -0.05) is 25.0 Å². The number of hydrogen-bond donors (Lipinski definition) is 1. The van der Waals surface area contributed by atoms with E-state index in [0.717, 1.165) is 49.8 Å². The van der Waals surface area contributed by atoms with E-state index in [-0.39, 0.29) is 17.2 Å². The van der Waals surface area contributed by atoms with Gasteiger partial charge in [0.25, 0.3) is 5.56 Å². The number of benzene rings is 1. The largest absolute Gasteiger partial charge is 0.324 e. The summed E-state index contributed by atoms with van der Waals surface area (Å²) >= 11 is 0. The van der Waals surface area contributed by atoms with E-state index in [1.54, 1.807) is 16.8 Å². The van der Waals surface area contributed by atoms with E-state index in [1.165, 1.54) is 18.4 Å². The van der Waals surface area contributed by atoms with Crippen molar-refractivity contribution in [3.8, 4) is 6.07 Å². The van der Waals surface area contributed by atoms with Crippen molar-refractivity contribution in [1.82, 2.24) is 19.4 Å². The number of aromatic nitrogens is 3. The molecule has 7 heteroatoms. The average molecular weight is 429 g/mol. The van der Waals surface area contributed by atoms with E-state index >= 15 is 0 Å². The van der Waals surface area contributed by atoms with Crippen LogP contribution in [-0.2, 0) is 0 Å². The van der Waals surface area contributed by atoms with Gasteiger partial charge >= 0.3 is 0 Å². The normalized spacial score (nSPS) is 18.1. The molecule has 0 bridgehead atoms. The summed E-state index contributed by atoms with van der Waals surface area (Å²) < 4.78 is 1.72. The van der Waals surface area contributed by atoms with Crippen LogP contribution >= 0.6 is 0 Å². The zero-order valence-electron chi connectivity index (χ0n) is 18.4. The number of rotatable bonds is 4. The van der Waals surface area contributed by atoms with Crippen LogP contribution in [0.4, 0.5) is 11.6 Å². The van der Waals surface area contributed by atoms with Gasteiger partial charge in [0.2, 0.25) is 5.95 Å². The second-order valence-electron chi connectivity index (χ2n) is 9.08. The van der Waals surface area contributed by atoms with Gasteiger partial charge in [-0.15, -0.1) is 0 Å². The topological polar surface area (TPSA) is 86.8 Å². The maximum absolute atomic E-state index is 12.9. The summed E-state index contributed by atoms with van der Waals surface area (Å²) in [5, 5.41) is 13.4. The van der Waals surface area contributed by atoms with E-state index in [9.17, 15) is 10.1 Å². The molecule has 164 valence electrons. The molecule has 1 saturated heterocycles. The third-order valence-electron chi connectivity index (χ3n) is 6.94. The highest BCUT2D eigenvalue weighted by Gasteiger charge is 2.23. The van der Waals surface area contributed by atoms with Crippen molar-refractivity contribution >= 4 is 22.7 Å². The Morgan fingerprint density at radius 1 is 1.09 bits per heavy atom. The average Bonchev–Trinajstić information content (AvgIpc) is 3.34. The van der Waals surface area contributed by atoms with Crippen LogP contribution in [0.1, 0.15) is 61.6 Å². The molecule has 0 atom stereocenters. The highest BCUT2D eigenvalue weighted by atomic mass is 16.1. The molecular weight excluding hydrogens is 400 g/mol. The highest BCUT2D eigenvalue weighted by Crippen LogP contribution is 2.31. The number of hydrogen-bond acceptors (Lipinski definition) is 6. The molecule has 3 heterocycles. The molecule has 5 rings (SSSR count). The molecule has 1 aromatic carbocycles. The Morgan fingerprint density at radius 2 is 1.81 bits per heavy atom. The van der Waals surface area contributed by atoms with Crippen molar-refractivity contribution < 1.29 is 0 Å². The van der Waals surface area contributed by atoms with Crippen LogP contribution in [-0.4, -0.2) is 39.6 Å². The number of anilines is 2. The van der Waals surface area contributed by atoms with Crippen LogP contribution < -0.4 is 10.9 Å². The number of nitrogens with zero attached hydrogens (tertiary/aromatic N) is 5. The minimum atomic E-state index is -0.251. The highest BCUT2D eigenvalue weighted by molar-refractivity contribution is 5.77. The third-order valence-corrected chi connectivity index (χ3v) is 6.94. The van der Waals surface area contributed by atoms with E-state index in [2.05, 4.69) is 46.5 Å². The Hall–Kier alpha value is -3.24. The van der Waals surface area contributed by atoms with Crippen LogP contribution in [0.2, 0.25) is 0 Å². The fourth-order valence-corrected chi connectivity index (χ4v) is 5.07. The van der Waals surface area contributed by atoms with Gasteiger partial charge in [0.15, 0.2) is 0 Å². The monoisotopic (exact) mass is 428 g/mol. The van der Waals surface area contributed by atoms with Crippen LogP contribution in [0.25, 0.3) is 11.0 Å². The van der Waals surface area contributed by atoms with Gasteiger partial charge in [0.05, 0.1) is 0 Å². The SMILES string of the molecule is CN1CCC(c2ccc(Nc3ncc4cc(C#N)c(=O)n(C5CCCC5)c4n3)cc2)CC1. The Morgan fingerprint density at radius 3 is 2.50 bits per heavy atom. The Bertz CT molecular complexity index is 1210. The molecule has 32 heavy (non-hydrogen) atoms. The lowest BCUT2D eigenvalue weighted by Crippen LogP contribution is -2.29. The first-order chi connectivity index (χ1) is 15.6. The summed E-state index contributed by atoms with van der Waals surface area (Å²) in [5.41, 5.74) is 2.80. The zero-order valence-corrected chi connectivity index (χ0v) is 18.4. The Kier molecular flexibility index (Phi) is 5.62. The van der Waals surface area contributed by atoms with E-state index < -0.39 is 0 Å². The standard InChI is InChI=1S/C25H28N6O/c1-30-12-10-18(11-13-30)17-6-8-21(9-7-17)28-25-27-16-20-14-19(15-26)24(32)31(23(20)29-25)22-4-2-3-5-22/h6-9,14,16,18,22H,2-5,10-13H2,1H3,(H,27,28,29). The van der Waals surface area contributed by atoms with Crippen molar-refractivity contribution in [2.45, 2.75) is 50.5 Å². The molecule has 2 aromatic heterocycles. The van der Waals surface area contributed by atoms with Crippen molar-refractivity contribution in [2.24, 2.45) is 0 Å². The van der Waals surface area contributed by atoms with Crippen molar-refractivity contribution in [3.63, 3.8) is 0 Å². The van der Waals surface area contributed by atoms with Crippen LogP contribution in [0, 0.1) is 11.3 Å². The lowest BCUT2D eigenvalue weighted by atomic mass is 9.89. The van der Waals surface area contributed by atoms with Crippen LogP contribution in [0.5, 0.6) is 0 Å². The van der Waals surface area contributed by atoms with Gasteiger partial charge < -0.3 is 10.2 Å². The maximum atomic E-state index is 12.9. The molecule has 2 aliphatic rings. The lowest BCUT2D eigenvalue weighted by Gasteiger charge is -2.29. The molecular formula is C25H28N6O.